The molecule has 1 N–H and O–H groups in total. The zero-order valence-corrected chi connectivity index (χ0v) is 16.3. The first kappa shape index (κ1) is 22.6. The van der Waals surface area contributed by atoms with Crippen LogP contribution in [-0.2, 0) is 33.8 Å². The summed E-state index contributed by atoms with van der Waals surface area (Å²) in [5.41, 5.74) is 0. The first-order valence-corrected chi connectivity index (χ1v) is 7.74. The molecule has 0 atom stereocenters. The third kappa shape index (κ3) is 19.3. The van der Waals surface area contributed by atoms with Gasteiger partial charge in [-0.25, -0.2) is 9.59 Å². The summed E-state index contributed by atoms with van der Waals surface area (Å²) in [4.78, 5) is 21.2. The van der Waals surface area contributed by atoms with Crippen LogP contribution in [0.25, 0.3) is 0 Å². The van der Waals surface area contributed by atoms with Crippen molar-refractivity contribution < 1.29 is 38.9 Å². The van der Waals surface area contributed by atoms with Gasteiger partial charge in [-0.15, -0.1) is 0 Å². The minimum absolute atomic E-state index is 0. The van der Waals surface area contributed by atoms with Crippen molar-refractivity contribution in [3.05, 3.63) is 12.2 Å². The Morgan fingerprint density at radius 3 is 1.81 bits per heavy atom. The van der Waals surface area contributed by atoms with E-state index in [4.69, 9.17) is 9.84 Å². The van der Waals surface area contributed by atoms with E-state index in [9.17, 15) is 9.59 Å². The summed E-state index contributed by atoms with van der Waals surface area (Å²) in [6.07, 6.45) is 14.0. The van der Waals surface area contributed by atoms with Crippen molar-refractivity contribution >= 4 is 11.9 Å². The maximum Gasteiger partial charge on any atom is 0.331 e. The van der Waals surface area contributed by atoms with Gasteiger partial charge in [0.15, 0.2) is 0 Å². The maximum atomic E-state index is 11.0. The fraction of sp³-hybridized carbons (Fsp3) is 0.750. The molecule has 0 aromatic rings. The van der Waals surface area contributed by atoms with Gasteiger partial charge in [-0.1, -0.05) is 64.7 Å². The molecule has 0 aliphatic rings. The number of unbranched alkanes of at least 4 members (excludes halogenated alkanes) is 9. The second-order valence-corrected chi connectivity index (χ2v) is 5.02. The van der Waals surface area contributed by atoms with Gasteiger partial charge < -0.3 is 9.84 Å². The Bertz CT molecular complexity index is 290. The standard InChI is InChI=1S/C16H28O4.Zn/c1-2-3-4-5-6-7-8-9-10-11-14-20-16(19)13-12-15(17)18;/h12-13H,2-11,14H2,1H3,(H,17,18);. The molecule has 5 heteroatoms. The molecule has 0 amide bonds. The second-order valence-electron chi connectivity index (χ2n) is 5.02. The zero-order valence-electron chi connectivity index (χ0n) is 13.3. The number of carboxylic acids is 1. The monoisotopic (exact) mass is 348 g/mol. The normalized spacial score (nSPS) is 10.3. The fourth-order valence-electron chi connectivity index (χ4n) is 1.95. The molecule has 0 fully saturated rings. The number of hydrogen-bond donors (Lipinski definition) is 1. The summed E-state index contributed by atoms with van der Waals surface area (Å²) >= 11 is 0. The van der Waals surface area contributed by atoms with Gasteiger partial charge in [0.2, 0.25) is 0 Å². The molecule has 0 unspecified atom stereocenters. The van der Waals surface area contributed by atoms with Gasteiger partial charge in [-0.2, -0.15) is 0 Å². The second kappa shape index (κ2) is 17.4. The van der Waals surface area contributed by atoms with Gasteiger partial charge in [0.1, 0.15) is 0 Å². The molecule has 0 heterocycles. The van der Waals surface area contributed by atoms with Crippen molar-refractivity contribution in [2.75, 3.05) is 6.61 Å². The molecule has 0 aliphatic heterocycles. The van der Waals surface area contributed by atoms with E-state index in [2.05, 4.69) is 6.92 Å². The largest absolute Gasteiger partial charge is 0.478 e. The molecule has 0 saturated carbocycles. The van der Waals surface area contributed by atoms with Gasteiger partial charge >= 0.3 is 11.9 Å². The Balaban J connectivity index is 0. The Labute approximate surface area is 141 Å². The predicted molar refractivity (Wildman–Crippen MR) is 79.6 cm³/mol. The third-order valence-corrected chi connectivity index (χ3v) is 3.10. The fourth-order valence-corrected chi connectivity index (χ4v) is 1.95. The van der Waals surface area contributed by atoms with Crippen LogP contribution in [0.5, 0.6) is 0 Å². The molecule has 4 nitrogen and oxygen atoms in total. The van der Waals surface area contributed by atoms with Gasteiger partial charge in [-0.3, -0.25) is 0 Å². The van der Waals surface area contributed by atoms with Crippen molar-refractivity contribution in [3.8, 4) is 0 Å². The predicted octanol–water partition coefficient (Wildman–Crippen LogP) is 4.09. The molecule has 0 aromatic heterocycles. The molecule has 0 saturated heterocycles. The molecule has 118 valence electrons. The quantitative estimate of drug-likeness (QED) is 0.235. The molecule has 0 aliphatic carbocycles. The van der Waals surface area contributed by atoms with Crippen molar-refractivity contribution in [2.24, 2.45) is 0 Å². The van der Waals surface area contributed by atoms with Gasteiger partial charge in [0, 0.05) is 31.6 Å². The minimum atomic E-state index is -1.14. The molecular weight excluding hydrogens is 322 g/mol. The summed E-state index contributed by atoms with van der Waals surface area (Å²) < 4.78 is 4.88. The number of carbonyl (C=O) groups is 2. The Kier molecular flexibility index (Phi) is 18.7. The summed E-state index contributed by atoms with van der Waals surface area (Å²) in [6, 6.07) is 0. The van der Waals surface area contributed by atoms with E-state index in [1.54, 1.807) is 0 Å². The third-order valence-electron chi connectivity index (χ3n) is 3.10. The SMILES string of the molecule is CCCCCCCCCCCCOC(=O)C=CC(=O)O.[Zn]. The molecule has 0 aromatic carbocycles. The number of carboxylic acid groups (broad SMARTS) is 1. The van der Waals surface area contributed by atoms with Crippen LogP contribution in [0, 0.1) is 0 Å². The summed E-state index contributed by atoms with van der Waals surface area (Å²) in [7, 11) is 0. The molecule has 21 heavy (non-hydrogen) atoms. The molecular formula is C16H28O4Zn. The average Bonchev–Trinajstić information content (AvgIpc) is 2.42. The number of esters is 1. The number of ether oxygens (including phenoxy) is 1. The van der Waals surface area contributed by atoms with Gasteiger partial charge in [0.25, 0.3) is 0 Å². The number of rotatable bonds is 13. The summed E-state index contributed by atoms with van der Waals surface area (Å²) in [6.45, 7) is 2.60. The van der Waals surface area contributed by atoms with E-state index in [0.717, 1.165) is 25.0 Å². The Hall–Kier alpha value is -0.697. The maximum absolute atomic E-state index is 11.0. The number of carbonyl (C=O) groups excluding carboxylic acids is 1. The van der Waals surface area contributed by atoms with Crippen LogP contribution < -0.4 is 0 Å². The number of aliphatic carboxylic acids is 1. The topological polar surface area (TPSA) is 63.6 Å². The van der Waals surface area contributed by atoms with E-state index >= 15 is 0 Å². The molecule has 0 rings (SSSR count). The molecule has 0 spiro atoms. The summed E-state index contributed by atoms with van der Waals surface area (Å²) in [5.74, 6) is -1.72. The molecule has 0 radical (unpaired) electrons. The van der Waals surface area contributed by atoms with Crippen LogP contribution >= 0.6 is 0 Å². The van der Waals surface area contributed by atoms with Crippen molar-refractivity contribution in [1.29, 1.82) is 0 Å². The first-order chi connectivity index (χ1) is 9.66. The van der Waals surface area contributed by atoms with Crippen LogP contribution in [-0.4, -0.2) is 23.7 Å². The van der Waals surface area contributed by atoms with E-state index < -0.39 is 11.9 Å². The number of hydrogen-bond acceptors (Lipinski definition) is 3. The smallest absolute Gasteiger partial charge is 0.331 e. The zero-order chi connectivity index (χ0) is 15.1. The van der Waals surface area contributed by atoms with Crippen LogP contribution in [0.3, 0.4) is 0 Å². The Morgan fingerprint density at radius 2 is 1.33 bits per heavy atom. The average molecular weight is 350 g/mol. The first-order valence-electron chi connectivity index (χ1n) is 7.74. The van der Waals surface area contributed by atoms with E-state index in [1.165, 1.54) is 51.4 Å². The van der Waals surface area contributed by atoms with Crippen LogP contribution in [0.4, 0.5) is 0 Å². The van der Waals surface area contributed by atoms with Crippen LogP contribution in [0.1, 0.15) is 71.1 Å². The van der Waals surface area contributed by atoms with Crippen molar-refractivity contribution in [3.63, 3.8) is 0 Å². The van der Waals surface area contributed by atoms with E-state index in [-0.39, 0.29) is 19.5 Å². The van der Waals surface area contributed by atoms with Crippen LogP contribution in [0.2, 0.25) is 0 Å². The Morgan fingerprint density at radius 1 is 0.857 bits per heavy atom. The van der Waals surface area contributed by atoms with Gasteiger partial charge in [0.05, 0.1) is 6.61 Å². The van der Waals surface area contributed by atoms with Crippen LogP contribution in [0.15, 0.2) is 12.2 Å². The van der Waals surface area contributed by atoms with Crippen molar-refractivity contribution in [1.82, 2.24) is 0 Å². The minimum Gasteiger partial charge on any atom is -0.478 e. The molecule has 0 bridgehead atoms. The van der Waals surface area contributed by atoms with Gasteiger partial charge in [-0.05, 0) is 6.42 Å². The summed E-state index contributed by atoms with van der Waals surface area (Å²) in [5, 5.41) is 8.33. The van der Waals surface area contributed by atoms with E-state index in [0.29, 0.717) is 6.61 Å². The van der Waals surface area contributed by atoms with E-state index in [1.807, 2.05) is 0 Å². The van der Waals surface area contributed by atoms with Crippen molar-refractivity contribution in [2.45, 2.75) is 71.1 Å².